The van der Waals surface area contributed by atoms with E-state index in [0.29, 0.717) is 0 Å². The minimum absolute atomic E-state index is 0.000676. The van der Waals surface area contributed by atoms with Crippen LogP contribution in [0.3, 0.4) is 0 Å². The van der Waals surface area contributed by atoms with E-state index < -0.39 is 24.3 Å². The van der Waals surface area contributed by atoms with Gasteiger partial charge in [0.15, 0.2) is 0 Å². The molecule has 166 valence electrons. The van der Waals surface area contributed by atoms with Crippen molar-refractivity contribution in [3.63, 3.8) is 0 Å². The molecule has 3 rings (SSSR count). The van der Waals surface area contributed by atoms with Gasteiger partial charge in [0.2, 0.25) is 11.8 Å². The van der Waals surface area contributed by atoms with Crippen molar-refractivity contribution in [3.05, 3.63) is 63.6 Å². The first kappa shape index (κ1) is 25.5. The predicted molar refractivity (Wildman–Crippen MR) is 126 cm³/mol. The summed E-state index contributed by atoms with van der Waals surface area (Å²) in [6, 6.07) is 11.6. The zero-order valence-corrected chi connectivity index (χ0v) is 20.3. The highest BCUT2D eigenvalue weighted by atomic mass is 35.5. The topological polar surface area (TPSA) is 57.7 Å². The van der Waals surface area contributed by atoms with Crippen LogP contribution in [-0.2, 0) is 21.5 Å². The van der Waals surface area contributed by atoms with E-state index in [-0.39, 0.29) is 33.0 Å². The maximum absolute atomic E-state index is 13.0. The van der Waals surface area contributed by atoms with Gasteiger partial charge < -0.3 is 0 Å². The Morgan fingerprint density at radius 3 is 1.87 bits per heavy atom. The number of barbiturate groups is 1. The second-order valence-electron chi connectivity index (χ2n) is 7.79. The molecular formula is C22H22Cl4N2O3. The Balaban J connectivity index is 0.00000107. The van der Waals surface area contributed by atoms with Crippen LogP contribution in [0.15, 0.2) is 42.5 Å². The van der Waals surface area contributed by atoms with Crippen LogP contribution in [0.5, 0.6) is 0 Å². The number of hydrogen-bond acceptors (Lipinski definition) is 3. The number of urea groups is 1. The molecule has 0 aliphatic carbocycles. The Hall–Kier alpha value is -1.79. The standard InChI is InChI=1S/C21H20Cl2N2O3.CH2Cl2/c1-21(2,3)14-9-7-13(8-10-14)12-24-17(26)11-18(27)25(20(24)28)19-15(22)5-4-6-16(19)23;2-1-3/h4-10H,11-12H2,1-3H3;1H2. The summed E-state index contributed by atoms with van der Waals surface area (Å²) in [5.74, 6) is -1.20. The van der Waals surface area contributed by atoms with Crippen molar-refractivity contribution < 1.29 is 14.4 Å². The van der Waals surface area contributed by atoms with Gasteiger partial charge in [-0.25, -0.2) is 9.69 Å². The monoisotopic (exact) mass is 502 g/mol. The molecule has 2 aromatic carbocycles. The van der Waals surface area contributed by atoms with Gasteiger partial charge in [-0.1, -0.05) is 74.3 Å². The molecule has 2 aromatic rings. The lowest BCUT2D eigenvalue weighted by Crippen LogP contribution is -2.55. The van der Waals surface area contributed by atoms with Crippen LogP contribution in [0.1, 0.15) is 38.3 Å². The van der Waals surface area contributed by atoms with E-state index in [2.05, 4.69) is 20.8 Å². The van der Waals surface area contributed by atoms with E-state index in [0.717, 1.165) is 20.9 Å². The number of nitrogens with zero attached hydrogens (tertiary/aromatic N) is 2. The van der Waals surface area contributed by atoms with Crippen LogP contribution in [-0.4, -0.2) is 28.1 Å². The zero-order chi connectivity index (χ0) is 23.3. The molecule has 0 aromatic heterocycles. The smallest absolute Gasteiger partial charge is 0.274 e. The molecular weight excluding hydrogens is 482 g/mol. The largest absolute Gasteiger partial charge is 0.338 e. The SMILES string of the molecule is CC(C)(C)c1ccc(CN2C(=O)CC(=O)N(c3c(Cl)cccc3Cl)C2=O)cc1.ClCCl. The molecule has 0 bridgehead atoms. The maximum Gasteiger partial charge on any atom is 0.338 e. The van der Waals surface area contributed by atoms with E-state index in [1.54, 1.807) is 6.07 Å². The average Bonchev–Trinajstić information content (AvgIpc) is 2.67. The van der Waals surface area contributed by atoms with E-state index in [4.69, 9.17) is 46.4 Å². The molecule has 31 heavy (non-hydrogen) atoms. The second kappa shape index (κ2) is 10.7. The van der Waals surface area contributed by atoms with Gasteiger partial charge in [0.05, 0.1) is 27.6 Å². The highest BCUT2D eigenvalue weighted by molar-refractivity contribution is 6.42. The average molecular weight is 504 g/mol. The summed E-state index contributed by atoms with van der Waals surface area (Å²) in [7, 11) is 0. The molecule has 5 nitrogen and oxygen atoms in total. The summed E-state index contributed by atoms with van der Waals surface area (Å²) >= 11 is 21.9. The van der Waals surface area contributed by atoms with E-state index >= 15 is 0 Å². The number of carbonyl (C=O) groups excluding carboxylic acids is 3. The van der Waals surface area contributed by atoms with Gasteiger partial charge in [-0.15, -0.1) is 23.2 Å². The van der Waals surface area contributed by atoms with Gasteiger partial charge >= 0.3 is 6.03 Å². The number of anilines is 1. The minimum atomic E-state index is -0.754. The molecule has 1 saturated heterocycles. The van der Waals surface area contributed by atoms with Gasteiger partial charge in [-0.2, -0.15) is 0 Å². The lowest BCUT2D eigenvalue weighted by Gasteiger charge is -2.33. The lowest BCUT2D eigenvalue weighted by molar-refractivity contribution is -0.135. The van der Waals surface area contributed by atoms with Gasteiger partial charge in [0.1, 0.15) is 6.42 Å². The van der Waals surface area contributed by atoms with Crippen molar-refractivity contribution in [1.29, 1.82) is 0 Å². The number of carbonyl (C=O) groups is 3. The molecule has 4 amide bonds. The Labute approximate surface area is 201 Å². The first-order valence-corrected chi connectivity index (χ1v) is 11.2. The first-order chi connectivity index (χ1) is 14.5. The number of amides is 4. The number of hydrogen-bond donors (Lipinski definition) is 0. The quantitative estimate of drug-likeness (QED) is 0.350. The van der Waals surface area contributed by atoms with E-state index in [9.17, 15) is 14.4 Å². The molecule has 1 aliphatic heterocycles. The highest BCUT2D eigenvalue weighted by Gasteiger charge is 2.40. The third-order valence-electron chi connectivity index (χ3n) is 4.60. The zero-order valence-electron chi connectivity index (χ0n) is 17.3. The molecule has 0 atom stereocenters. The predicted octanol–water partition coefficient (Wildman–Crippen LogP) is 6.60. The fraction of sp³-hybridized carbons (Fsp3) is 0.318. The number of halogens is 4. The van der Waals surface area contributed by atoms with Gasteiger partial charge in [-0.05, 0) is 28.7 Å². The molecule has 1 aliphatic rings. The number of benzene rings is 2. The Morgan fingerprint density at radius 1 is 0.871 bits per heavy atom. The van der Waals surface area contributed by atoms with Crippen molar-refractivity contribution in [2.24, 2.45) is 0 Å². The van der Waals surface area contributed by atoms with Gasteiger partial charge in [0, 0.05) is 0 Å². The second-order valence-corrected chi connectivity index (χ2v) is 9.41. The van der Waals surface area contributed by atoms with Crippen LogP contribution >= 0.6 is 46.4 Å². The van der Waals surface area contributed by atoms with E-state index in [1.165, 1.54) is 12.1 Å². The normalized spacial score (nSPS) is 14.5. The van der Waals surface area contributed by atoms with Crippen LogP contribution in [0, 0.1) is 0 Å². The van der Waals surface area contributed by atoms with Crippen molar-refractivity contribution >= 4 is 69.9 Å². The van der Waals surface area contributed by atoms with Crippen LogP contribution in [0.2, 0.25) is 10.0 Å². The molecule has 0 N–H and O–H groups in total. The van der Waals surface area contributed by atoms with Crippen LogP contribution in [0.4, 0.5) is 10.5 Å². The minimum Gasteiger partial charge on any atom is -0.274 e. The number of rotatable bonds is 3. The Kier molecular flexibility index (Phi) is 8.78. The summed E-state index contributed by atoms with van der Waals surface area (Å²) in [6.07, 6.45) is -0.423. The van der Waals surface area contributed by atoms with Crippen LogP contribution in [0.25, 0.3) is 0 Å². The molecule has 1 heterocycles. The third-order valence-corrected chi connectivity index (χ3v) is 5.21. The molecule has 0 saturated carbocycles. The molecule has 0 radical (unpaired) electrons. The number of imide groups is 2. The number of alkyl halides is 2. The summed E-state index contributed by atoms with van der Waals surface area (Å²) in [5, 5.41) is 0.524. The van der Waals surface area contributed by atoms with Crippen molar-refractivity contribution in [1.82, 2.24) is 4.90 Å². The molecule has 0 unspecified atom stereocenters. The van der Waals surface area contributed by atoms with Gasteiger partial charge in [-0.3, -0.25) is 14.5 Å². The Morgan fingerprint density at radius 2 is 1.39 bits per heavy atom. The molecule has 9 heteroatoms. The van der Waals surface area contributed by atoms with Crippen molar-refractivity contribution in [2.75, 3.05) is 10.2 Å². The maximum atomic E-state index is 13.0. The van der Waals surface area contributed by atoms with Crippen molar-refractivity contribution in [3.8, 4) is 0 Å². The fourth-order valence-electron chi connectivity index (χ4n) is 3.01. The van der Waals surface area contributed by atoms with Crippen molar-refractivity contribution in [2.45, 2.75) is 39.2 Å². The molecule has 0 spiro atoms. The van der Waals surface area contributed by atoms with Crippen LogP contribution < -0.4 is 4.90 Å². The van der Waals surface area contributed by atoms with Gasteiger partial charge in [0.25, 0.3) is 0 Å². The number of para-hydroxylation sites is 1. The van der Waals surface area contributed by atoms with E-state index in [1.807, 2.05) is 24.3 Å². The highest BCUT2D eigenvalue weighted by Crippen LogP contribution is 2.36. The first-order valence-electron chi connectivity index (χ1n) is 9.34. The lowest BCUT2D eigenvalue weighted by atomic mass is 9.87. The summed E-state index contributed by atoms with van der Waals surface area (Å²) < 4.78 is 0. The summed E-state index contributed by atoms with van der Waals surface area (Å²) in [5.41, 5.74) is 2.03. The molecule has 1 fully saturated rings. The fourth-order valence-corrected chi connectivity index (χ4v) is 3.58. The Bertz CT molecular complexity index is 951. The summed E-state index contributed by atoms with van der Waals surface area (Å²) in [4.78, 5) is 39.7. The third kappa shape index (κ3) is 6.13. The summed E-state index contributed by atoms with van der Waals surface area (Å²) in [6.45, 7) is 6.39.